The molecule has 0 bridgehead atoms. The van der Waals surface area contributed by atoms with E-state index in [9.17, 15) is 19.7 Å². The molecule has 0 N–H and O–H groups in total. The van der Waals surface area contributed by atoms with Gasteiger partial charge in [0, 0.05) is 24.6 Å². The molecule has 1 aromatic carbocycles. The Balaban J connectivity index is 2.30. The largest absolute Gasteiger partial charge is 0.514 e. The first-order chi connectivity index (χ1) is 17.5. The second-order valence-corrected chi connectivity index (χ2v) is 8.68. The topological polar surface area (TPSA) is 105 Å². The van der Waals surface area contributed by atoms with Gasteiger partial charge in [0.2, 0.25) is 0 Å². The van der Waals surface area contributed by atoms with Gasteiger partial charge >= 0.3 is 12.1 Å². The third-order valence-electron chi connectivity index (χ3n) is 5.63. The minimum atomic E-state index is -0.794. The molecule has 0 saturated heterocycles. The molecule has 0 radical (unpaired) electrons. The normalized spacial score (nSPS) is 11.7. The lowest BCUT2D eigenvalue weighted by Crippen LogP contribution is -2.20. The van der Waals surface area contributed by atoms with E-state index in [2.05, 4.69) is 25.7 Å². The van der Waals surface area contributed by atoms with Gasteiger partial charge in [-0.05, 0) is 44.2 Å². The molecule has 0 fully saturated rings. The molecule has 0 spiro atoms. The molecule has 1 unspecified atom stereocenters. The first kappa shape index (κ1) is 30.9. The second kappa shape index (κ2) is 20.1. The lowest BCUT2D eigenvalue weighted by Gasteiger charge is -2.16. The zero-order valence-electron chi connectivity index (χ0n) is 21.5. The Bertz CT molecular complexity index is 805. The maximum atomic E-state index is 12.2. The summed E-state index contributed by atoms with van der Waals surface area (Å²) in [6.45, 7) is 5.98. The van der Waals surface area contributed by atoms with E-state index < -0.39 is 11.1 Å². The van der Waals surface area contributed by atoms with Crippen molar-refractivity contribution in [1.29, 1.82) is 0 Å². The Hall–Kier alpha value is -3.16. The van der Waals surface area contributed by atoms with Crippen LogP contribution in [-0.4, -0.2) is 29.8 Å². The zero-order chi connectivity index (χ0) is 26.4. The molecule has 0 aliphatic rings. The summed E-state index contributed by atoms with van der Waals surface area (Å²) in [6, 6.07) is 5.34. The standard InChI is InChI=1S/C28H41NO7/c1-3-5-6-14-17-25(35-28(31)36-26-21-19-24(20-22-26)29(32)33)18-15-12-10-8-7-9-11-13-16-23-34-27(30)4-2/h4,12,15,19-22,25H,2-3,5-11,13-14,16-18,23H2,1H3. The summed E-state index contributed by atoms with van der Waals surface area (Å²) in [5.41, 5.74) is -0.0683. The molecule has 8 nitrogen and oxygen atoms in total. The average molecular weight is 504 g/mol. The van der Waals surface area contributed by atoms with Crippen LogP contribution in [0.4, 0.5) is 10.5 Å². The molecule has 36 heavy (non-hydrogen) atoms. The van der Waals surface area contributed by atoms with Crippen molar-refractivity contribution in [3.8, 4) is 5.75 Å². The number of esters is 1. The first-order valence-corrected chi connectivity index (χ1v) is 13.0. The predicted molar refractivity (Wildman–Crippen MR) is 140 cm³/mol. The molecule has 0 amide bonds. The Kier molecular flexibility index (Phi) is 17.2. The smallest absolute Gasteiger partial charge is 0.463 e. The van der Waals surface area contributed by atoms with Crippen LogP contribution in [0.1, 0.15) is 90.4 Å². The highest BCUT2D eigenvalue weighted by Crippen LogP contribution is 2.19. The van der Waals surface area contributed by atoms with Gasteiger partial charge in [-0.15, -0.1) is 0 Å². The summed E-state index contributed by atoms with van der Waals surface area (Å²) in [4.78, 5) is 33.4. The van der Waals surface area contributed by atoms with Gasteiger partial charge in [-0.2, -0.15) is 0 Å². The monoisotopic (exact) mass is 503 g/mol. The van der Waals surface area contributed by atoms with E-state index >= 15 is 0 Å². The SMILES string of the molecule is C=CC(=O)OCCCCCCCCC=CCC(CCCCCC)OC(=O)Oc1ccc([N+](=O)[O-])cc1. The minimum absolute atomic E-state index is 0.0683. The first-order valence-electron chi connectivity index (χ1n) is 13.0. The highest BCUT2D eigenvalue weighted by atomic mass is 16.7. The fraction of sp³-hybridized carbons (Fsp3) is 0.571. The molecule has 0 aromatic heterocycles. The molecule has 0 aliphatic heterocycles. The summed E-state index contributed by atoms with van der Waals surface area (Å²) >= 11 is 0. The minimum Gasteiger partial charge on any atom is -0.463 e. The van der Waals surface area contributed by atoms with Crippen LogP contribution in [0.25, 0.3) is 0 Å². The number of ether oxygens (including phenoxy) is 3. The number of hydrogen-bond donors (Lipinski definition) is 0. The van der Waals surface area contributed by atoms with Crippen molar-refractivity contribution in [2.24, 2.45) is 0 Å². The number of hydrogen-bond acceptors (Lipinski definition) is 7. The van der Waals surface area contributed by atoms with Crippen molar-refractivity contribution < 1.29 is 28.7 Å². The van der Waals surface area contributed by atoms with Gasteiger partial charge in [-0.1, -0.05) is 70.6 Å². The summed E-state index contributed by atoms with van der Waals surface area (Å²) in [5, 5.41) is 10.8. The van der Waals surface area contributed by atoms with E-state index in [0.717, 1.165) is 77.0 Å². The quantitative estimate of drug-likeness (QED) is 0.0339. The van der Waals surface area contributed by atoms with Crippen LogP contribution >= 0.6 is 0 Å². The third-order valence-corrected chi connectivity index (χ3v) is 5.63. The van der Waals surface area contributed by atoms with Crippen molar-refractivity contribution in [3.05, 3.63) is 59.2 Å². The molecular formula is C28H41NO7. The molecule has 0 aliphatic carbocycles. The van der Waals surface area contributed by atoms with E-state index in [1.165, 1.54) is 30.3 Å². The van der Waals surface area contributed by atoms with Crippen molar-refractivity contribution in [2.45, 2.75) is 96.5 Å². The highest BCUT2D eigenvalue weighted by Gasteiger charge is 2.16. The molecule has 0 heterocycles. The van der Waals surface area contributed by atoms with E-state index in [1.807, 2.05) is 0 Å². The Labute approximate surface area is 214 Å². The van der Waals surface area contributed by atoms with Crippen molar-refractivity contribution in [2.75, 3.05) is 6.61 Å². The second-order valence-electron chi connectivity index (χ2n) is 8.68. The third kappa shape index (κ3) is 15.7. The van der Waals surface area contributed by atoms with Gasteiger partial charge in [0.15, 0.2) is 0 Å². The van der Waals surface area contributed by atoms with Crippen molar-refractivity contribution in [1.82, 2.24) is 0 Å². The van der Waals surface area contributed by atoms with Gasteiger partial charge in [0.05, 0.1) is 11.5 Å². The van der Waals surface area contributed by atoms with E-state index in [0.29, 0.717) is 13.0 Å². The number of nitro benzene ring substituents is 1. The maximum Gasteiger partial charge on any atom is 0.514 e. The summed E-state index contributed by atoms with van der Waals surface area (Å²) < 4.78 is 15.7. The highest BCUT2D eigenvalue weighted by molar-refractivity contribution is 5.81. The number of carbonyl (C=O) groups is 2. The fourth-order valence-electron chi connectivity index (χ4n) is 3.58. The Morgan fingerprint density at radius 2 is 1.64 bits per heavy atom. The Morgan fingerprint density at radius 1 is 0.972 bits per heavy atom. The lowest BCUT2D eigenvalue weighted by molar-refractivity contribution is -0.384. The maximum absolute atomic E-state index is 12.2. The number of nitro groups is 1. The van der Waals surface area contributed by atoms with Crippen LogP contribution in [0, 0.1) is 10.1 Å². The number of carbonyl (C=O) groups excluding carboxylic acids is 2. The molecular weight excluding hydrogens is 462 g/mol. The van der Waals surface area contributed by atoms with E-state index in [1.54, 1.807) is 0 Å². The van der Waals surface area contributed by atoms with Crippen LogP contribution in [0.3, 0.4) is 0 Å². The zero-order valence-corrected chi connectivity index (χ0v) is 21.5. The number of rotatable bonds is 20. The average Bonchev–Trinajstić information content (AvgIpc) is 2.87. The molecule has 1 atom stereocenters. The van der Waals surface area contributed by atoms with Crippen LogP contribution < -0.4 is 4.74 Å². The lowest BCUT2D eigenvalue weighted by atomic mass is 10.1. The number of benzene rings is 1. The van der Waals surface area contributed by atoms with Crippen molar-refractivity contribution in [3.63, 3.8) is 0 Å². The van der Waals surface area contributed by atoms with Crippen molar-refractivity contribution >= 4 is 17.8 Å². The van der Waals surface area contributed by atoms with Gasteiger partial charge in [-0.25, -0.2) is 9.59 Å². The van der Waals surface area contributed by atoms with Gasteiger partial charge in [0.1, 0.15) is 11.9 Å². The number of nitrogens with zero attached hydrogens (tertiary/aromatic N) is 1. The summed E-state index contributed by atoms with van der Waals surface area (Å²) in [5.74, 6) is -0.152. The molecule has 8 heteroatoms. The summed E-state index contributed by atoms with van der Waals surface area (Å²) in [6.07, 6.45) is 17.5. The molecule has 1 aromatic rings. The molecule has 0 saturated carbocycles. The summed E-state index contributed by atoms with van der Waals surface area (Å²) in [7, 11) is 0. The predicted octanol–water partition coefficient (Wildman–Crippen LogP) is 7.86. The number of non-ortho nitro benzene ring substituents is 1. The fourth-order valence-corrected chi connectivity index (χ4v) is 3.58. The van der Waals surface area contributed by atoms with Gasteiger partial charge in [-0.3, -0.25) is 10.1 Å². The molecule has 200 valence electrons. The number of unbranched alkanes of at least 4 members (excludes halogenated alkanes) is 9. The van der Waals surface area contributed by atoms with Crippen LogP contribution in [0.2, 0.25) is 0 Å². The van der Waals surface area contributed by atoms with Crippen LogP contribution in [0.5, 0.6) is 5.75 Å². The number of allylic oxidation sites excluding steroid dienone is 1. The van der Waals surface area contributed by atoms with Crippen LogP contribution in [0.15, 0.2) is 49.1 Å². The van der Waals surface area contributed by atoms with Crippen LogP contribution in [-0.2, 0) is 14.3 Å². The van der Waals surface area contributed by atoms with Gasteiger partial charge in [0.25, 0.3) is 5.69 Å². The molecule has 1 rings (SSSR count). The van der Waals surface area contributed by atoms with E-state index in [-0.39, 0.29) is 23.5 Å². The van der Waals surface area contributed by atoms with E-state index in [4.69, 9.17) is 14.2 Å². The van der Waals surface area contributed by atoms with Gasteiger partial charge < -0.3 is 14.2 Å². The Morgan fingerprint density at radius 3 is 2.31 bits per heavy atom.